The zero-order valence-electron chi connectivity index (χ0n) is 13.4. The van der Waals surface area contributed by atoms with Gasteiger partial charge in [0.2, 0.25) is 5.91 Å². The molecule has 0 aliphatic carbocycles. The average Bonchev–Trinajstić information content (AvgIpc) is 2.94. The molecule has 0 saturated carbocycles. The van der Waals surface area contributed by atoms with Gasteiger partial charge in [0.1, 0.15) is 4.83 Å². The van der Waals surface area contributed by atoms with Gasteiger partial charge in [-0.3, -0.25) is 9.59 Å². The number of fused-ring (bicyclic) bond motifs is 1. The van der Waals surface area contributed by atoms with E-state index in [-0.39, 0.29) is 17.2 Å². The van der Waals surface area contributed by atoms with Crippen molar-refractivity contribution in [1.82, 2.24) is 14.9 Å². The number of thioether (sulfide) groups is 1. The number of carbonyl (C=O) groups is 1. The molecule has 2 heterocycles. The smallest absolute Gasteiger partial charge is 0.260 e. The summed E-state index contributed by atoms with van der Waals surface area (Å²) in [6.07, 6.45) is 0. The molecule has 1 aromatic carbocycles. The molecule has 5 nitrogen and oxygen atoms in total. The fraction of sp³-hybridized carbons (Fsp3) is 0.235. The Labute approximate surface area is 147 Å². The van der Waals surface area contributed by atoms with E-state index in [2.05, 4.69) is 9.97 Å². The van der Waals surface area contributed by atoms with E-state index < -0.39 is 0 Å². The summed E-state index contributed by atoms with van der Waals surface area (Å²) in [5, 5.41) is 1.09. The van der Waals surface area contributed by atoms with Crippen molar-refractivity contribution in [2.24, 2.45) is 0 Å². The van der Waals surface area contributed by atoms with Gasteiger partial charge in [0.25, 0.3) is 5.56 Å². The molecule has 2 aromatic heterocycles. The minimum Gasteiger partial charge on any atom is -0.341 e. The normalized spacial score (nSPS) is 10.9. The van der Waals surface area contributed by atoms with E-state index in [9.17, 15) is 9.59 Å². The van der Waals surface area contributed by atoms with Crippen LogP contribution in [-0.2, 0) is 11.3 Å². The molecule has 3 rings (SSSR count). The van der Waals surface area contributed by atoms with Crippen LogP contribution in [-0.4, -0.2) is 33.6 Å². The summed E-state index contributed by atoms with van der Waals surface area (Å²) in [5.74, 6) is 0.233. The molecule has 0 radical (unpaired) electrons. The Morgan fingerprint density at radius 3 is 2.83 bits per heavy atom. The number of nitrogens with zero attached hydrogens (tertiary/aromatic N) is 2. The number of nitrogens with one attached hydrogen (secondary N) is 1. The van der Waals surface area contributed by atoms with E-state index in [0.717, 1.165) is 10.4 Å². The molecule has 124 valence electrons. The van der Waals surface area contributed by atoms with Gasteiger partial charge in [-0.25, -0.2) is 4.98 Å². The highest BCUT2D eigenvalue weighted by Crippen LogP contribution is 2.22. The molecule has 0 aliphatic heterocycles. The number of carbonyl (C=O) groups excluding carboxylic acids is 1. The van der Waals surface area contributed by atoms with E-state index in [1.807, 2.05) is 43.3 Å². The van der Waals surface area contributed by atoms with Gasteiger partial charge in [0, 0.05) is 18.5 Å². The number of hydrogen-bond acceptors (Lipinski definition) is 5. The number of aromatic nitrogens is 2. The third kappa shape index (κ3) is 3.85. The lowest BCUT2D eigenvalue weighted by Gasteiger charge is -2.16. The summed E-state index contributed by atoms with van der Waals surface area (Å²) >= 11 is 2.74. The second kappa shape index (κ2) is 7.19. The number of hydrogen-bond donors (Lipinski definition) is 1. The van der Waals surface area contributed by atoms with Gasteiger partial charge in [-0.15, -0.1) is 11.3 Å². The SMILES string of the molecule is Cc1cc2c(=O)[nH]c(SCC(=O)N(C)Cc3ccccc3)nc2s1. The van der Waals surface area contributed by atoms with Crippen LogP contribution in [0.4, 0.5) is 0 Å². The van der Waals surface area contributed by atoms with Gasteiger partial charge in [-0.2, -0.15) is 0 Å². The van der Waals surface area contributed by atoms with Crippen LogP contribution in [0.5, 0.6) is 0 Å². The molecular weight excluding hydrogens is 342 g/mol. The zero-order valence-corrected chi connectivity index (χ0v) is 15.0. The van der Waals surface area contributed by atoms with Gasteiger partial charge in [-0.1, -0.05) is 42.1 Å². The molecule has 0 spiro atoms. The molecule has 7 heteroatoms. The first kappa shape index (κ1) is 16.7. The summed E-state index contributed by atoms with van der Waals surface area (Å²) in [6, 6.07) is 11.7. The zero-order chi connectivity index (χ0) is 17.1. The number of thiophene rings is 1. The largest absolute Gasteiger partial charge is 0.341 e. The Bertz CT molecular complexity index is 918. The van der Waals surface area contributed by atoms with Crippen molar-refractivity contribution >= 4 is 39.2 Å². The molecular formula is C17H17N3O2S2. The molecule has 24 heavy (non-hydrogen) atoms. The number of amides is 1. The summed E-state index contributed by atoms with van der Waals surface area (Å²) in [6.45, 7) is 2.51. The lowest BCUT2D eigenvalue weighted by molar-refractivity contribution is -0.127. The van der Waals surface area contributed by atoms with E-state index in [1.54, 1.807) is 11.9 Å². The van der Waals surface area contributed by atoms with Gasteiger partial charge in [0.15, 0.2) is 5.16 Å². The quantitative estimate of drug-likeness (QED) is 0.562. The minimum absolute atomic E-state index is 0.00559. The predicted molar refractivity (Wildman–Crippen MR) is 98.6 cm³/mol. The van der Waals surface area contributed by atoms with Crippen molar-refractivity contribution in [2.45, 2.75) is 18.6 Å². The highest BCUT2D eigenvalue weighted by Gasteiger charge is 2.12. The number of H-pyrrole nitrogens is 1. The van der Waals surface area contributed by atoms with Gasteiger partial charge >= 0.3 is 0 Å². The Hall–Kier alpha value is -2.12. The first-order valence-corrected chi connectivity index (χ1v) is 9.24. The van der Waals surface area contributed by atoms with Crippen LogP contribution in [0.3, 0.4) is 0 Å². The first-order valence-electron chi connectivity index (χ1n) is 7.44. The molecule has 3 aromatic rings. The molecule has 0 unspecified atom stereocenters. The Kier molecular flexibility index (Phi) is 5.01. The molecule has 0 atom stereocenters. The van der Waals surface area contributed by atoms with Crippen LogP contribution in [0.25, 0.3) is 10.2 Å². The fourth-order valence-corrected chi connectivity index (χ4v) is 4.03. The van der Waals surface area contributed by atoms with E-state index in [4.69, 9.17) is 0 Å². The second-order valence-electron chi connectivity index (χ2n) is 5.47. The number of benzene rings is 1. The Morgan fingerprint density at radius 2 is 2.08 bits per heavy atom. The summed E-state index contributed by atoms with van der Waals surface area (Å²) in [5.41, 5.74) is 0.928. The molecule has 0 aliphatic rings. The van der Waals surface area contributed by atoms with Crippen molar-refractivity contribution in [2.75, 3.05) is 12.8 Å². The third-order valence-electron chi connectivity index (χ3n) is 3.52. The topological polar surface area (TPSA) is 66.1 Å². The first-order chi connectivity index (χ1) is 11.5. The van der Waals surface area contributed by atoms with Crippen LogP contribution < -0.4 is 5.56 Å². The number of aryl methyl sites for hydroxylation is 1. The number of rotatable bonds is 5. The monoisotopic (exact) mass is 359 g/mol. The maximum Gasteiger partial charge on any atom is 0.260 e. The van der Waals surface area contributed by atoms with Crippen LogP contribution in [0.15, 0.2) is 46.3 Å². The van der Waals surface area contributed by atoms with E-state index >= 15 is 0 Å². The van der Waals surface area contributed by atoms with Gasteiger partial charge in [-0.05, 0) is 18.6 Å². The van der Waals surface area contributed by atoms with Crippen molar-refractivity contribution < 1.29 is 4.79 Å². The highest BCUT2D eigenvalue weighted by atomic mass is 32.2. The van der Waals surface area contributed by atoms with Crippen molar-refractivity contribution in [3.8, 4) is 0 Å². The number of aromatic amines is 1. The van der Waals surface area contributed by atoms with E-state index in [0.29, 0.717) is 21.9 Å². The summed E-state index contributed by atoms with van der Waals surface area (Å²) in [4.78, 5) is 34.9. The molecule has 1 amide bonds. The van der Waals surface area contributed by atoms with Crippen LogP contribution in [0.2, 0.25) is 0 Å². The average molecular weight is 359 g/mol. The Morgan fingerprint density at radius 1 is 1.33 bits per heavy atom. The Balaban J connectivity index is 1.64. The lowest BCUT2D eigenvalue weighted by Crippen LogP contribution is -2.27. The van der Waals surface area contributed by atoms with Crippen molar-refractivity contribution in [3.63, 3.8) is 0 Å². The van der Waals surface area contributed by atoms with Gasteiger partial charge < -0.3 is 9.88 Å². The molecule has 0 fully saturated rings. The molecule has 0 saturated heterocycles. The van der Waals surface area contributed by atoms with Crippen LogP contribution >= 0.6 is 23.1 Å². The standard InChI is InChI=1S/C17H17N3O2S2/c1-11-8-13-15(22)18-17(19-16(13)24-11)23-10-14(21)20(2)9-12-6-4-3-5-7-12/h3-8H,9-10H2,1-2H3,(H,18,19,22). The van der Waals surface area contributed by atoms with Crippen LogP contribution in [0.1, 0.15) is 10.4 Å². The maximum absolute atomic E-state index is 12.3. The maximum atomic E-state index is 12.3. The predicted octanol–water partition coefficient (Wildman–Crippen LogP) is 3.04. The van der Waals surface area contributed by atoms with Crippen molar-refractivity contribution in [3.05, 3.63) is 57.2 Å². The minimum atomic E-state index is -0.156. The molecule has 1 N–H and O–H groups in total. The summed E-state index contributed by atoms with van der Waals surface area (Å²) in [7, 11) is 1.78. The summed E-state index contributed by atoms with van der Waals surface area (Å²) < 4.78 is 0. The highest BCUT2D eigenvalue weighted by molar-refractivity contribution is 7.99. The van der Waals surface area contributed by atoms with Crippen molar-refractivity contribution in [1.29, 1.82) is 0 Å². The third-order valence-corrected chi connectivity index (χ3v) is 5.33. The van der Waals surface area contributed by atoms with Gasteiger partial charge in [0.05, 0.1) is 11.1 Å². The lowest BCUT2D eigenvalue weighted by atomic mass is 10.2. The fourth-order valence-electron chi connectivity index (χ4n) is 2.29. The second-order valence-corrected chi connectivity index (χ2v) is 7.67. The van der Waals surface area contributed by atoms with E-state index in [1.165, 1.54) is 23.1 Å². The molecule has 0 bridgehead atoms. The van der Waals surface area contributed by atoms with Crippen LogP contribution in [0, 0.1) is 6.92 Å².